The Hall–Kier alpha value is -3.73. The highest BCUT2D eigenvalue weighted by Gasteiger charge is 2.25. The summed E-state index contributed by atoms with van der Waals surface area (Å²) in [6.07, 6.45) is 0. The topological polar surface area (TPSA) is 64.0 Å². The Morgan fingerprint density at radius 1 is 0.933 bits per heavy atom. The van der Waals surface area contributed by atoms with Crippen LogP contribution in [-0.2, 0) is 11.3 Å². The van der Waals surface area contributed by atoms with E-state index in [1.165, 1.54) is 4.68 Å². The number of hydrogen-bond acceptors (Lipinski definition) is 3. The van der Waals surface area contributed by atoms with Gasteiger partial charge in [-0.3, -0.25) is 9.59 Å². The molecule has 3 aromatic carbocycles. The maximum absolute atomic E-state index is 13.1. The van der Waals surface area contributed by atoms with Crippen molar-refractivity contribution in [1.82, 2.24) is 9.78 Å². The second kappa shape index (κ2) is 6.66. The molecule has 1 aliphatic carbocycles. The third-order valence-electron chi connectivity index (χ3n) is 5.69. The van der Waals surface area contributed by atoms with Gasteiger partial charge in [0, 0.05) is 16.6 Å². The highest BCUT2D eigenvalue weighted by Crippen LogP contribution is 2.44. The van der Waals surface area contributed by atoms with Crippen LogP contribution in [0.2, 0.25) is 0 Å². The zero-order valence-electron chi connectivity index (χ0n) is 17.1. The number of nitrogens with one attached hydrogen (secondary N) is 1. The van der Waals surface area contributed by atoms with Gasteiger partial charge in [0.25, 0.3) is 5.56 Å². The summed E-state index contributed by atoms with van der Waals surface area (Å²) in [6.45, 7) is 5.82. The minimum absolute atomic E-state index is 0.138. The fourth-order valence-electron chi connectivity index (χ4n) is 4.48. The molecule has 5 rings (SSSR count). The van der Waals surface area contributed by atoms with Gasteiger partial charge in [0.2, 0.25) is 5.91 Å². The monoisotopic (exact) mass is 395 g/mol. The number of nitrogens with zero attached hydrogens (tertiary/aromatic N) is 2. The van der Waals surface area contributed by atoms with Crippen molar-refractivity contribution in [3.63, 3.8) is 0 Å². The number of fused-ring (bicyclic) bond motifs is 3. The quantitative estimate of drug-likeness (QED) is 0.485. The average Bonchev–Trinajstić information content (AvgIpc) is 3.03. The molecule has 4 aromatic rings. The third kappa shape index (κ3) is 2.74. The molecule has 0 spiro atoms. The van der Waals surface area contributed by atoms with Crippen LogP contribution in [0.15, 0.2) is 59.4 Å². The van der Waals surface area contributed by atoms with E-state index in [1.54, 1.807) is 6.07 Å². The fourth-order valence-corrected chi connectivity index (χ4v) is 4.48. The summed E-state index contributed by atoms with van der Waals surface area (Å²) in [5, 5.41) is 9.01. The Kier molecular flexibility index (Phi) is 4.07. The summed E-state index contributed by atoms with van der Waals surface area (Å²) in [6, 6.07) is 17.7. The molecular formula is C25H21N3O2. The van der Waals surface area contributed by atoms with Gasteiger partial charge < -0.3 is 5.32 Å². The normalized spacial score (nSPS) is 11.6. The number of aryl methyl sites for hydroxylation is 3. The van der Waals surface area contributed by atoms with Gasteiger partial charge in [-0.25, -0.2) is 4.68 Å². The molecule has 1 aromatic heterocycles. The van der Waals surface area contributed by atoms with Gasteiger partial charge in [0.15, 0.2) is 0 Å². The van der Waals surface area contributed by atoms with Gasteiger partial charge in [0.1, 0.15) is 12.2 Å². The largest absolute Gasteiger partial charge is 0.324 e. The first-order valence-electron chi connectivity index (χ1n) is 9.95. The van der Waals surface area contributed by atoms with E-state index in [9.17, 15) is 9.59 Å². The van der Waals surface area contributed by atoms with E-state index in [0.29, 0.717) is 5.39 Å². The van der Waals surface area contributed by atoms with Gasteiger partial charge >= 0.3 is 0 Å². The average molecular weight is 395 g/mol. The molecular weight excluding hydrogens is 374 g/mol. The second-order valence-corrected chi connectivity index (χ2v) is 7.91. The Labute approximate surface area is 174 Å². The summed E-state index contributed by atoms with van der Waals surface area (Å²) >= 11 is 0. The van der Waals surface area contributed by atoms with Crippen molar-refractivity contribution in [3.8, 4) is 22.4 Å². The molecule has 1 aliphatic rings. The Balaban J connectivity index is 1.56. The number of anilines is 1. The lowest BCUT2D eigenvalue weighted by atomic mass is 10.0. The summed E-state index contributed by atoms with van der Waals surface area (Å²) in [7, 11) is 0. The van der Waals surface area contributed by atoms with Gasteiger partial charge in [0.05, 0.1) is 5.39 Å². The highest BCUT2D eigenvalue weighted by atomic mass is 16.2. The Morgan fingerprint density at radius 3 is 2.33 bits per heavy atom. The predicted octanol–water partition coefficient (Wildman–Crippen LogP) is 4.61. The van der Waals surface area contributed by atoms with Crippen LogP contribution in [0.25, 0.3) is 33.2 Å². The van der Waals surface area contributed by atoms with Crippen LogP contribution in [0.4, 0.5) is 5.69 Å². The fraction of sp³-hybridized carbons (Fsp3) is 0.160. The van der Waals surface area contributed by atoms with Crippen LogP contribution >= 0.6 is 0 Å². The number of hydrogen-bond donors (Lipinski definition) is 1. The van der Waals surface area contributed by atoms with Gasteiger partial charge in [-0.15, -0.1) is 0 Å². The summed E-state index contributed by atoms with van der Waals surface area (Å²) < 4.78 is 1.28. The van der Waals surface area contributed by atoms with Crippen LogP contribution in [0.3, 0.4) is 0 Å². The van der Waals surface area contributed by atoms with Crippen LogP contribution in [-0.4, -0.2) is 15.7 Å². The molecule has 0 saturated heterocycles. The number of carbonyl (C=O) groups excluding carboxylic acids is 1. The lowest BCUT2D eigenvalue weighted by Gasteiger charge is -2.14. The van der Waals surface area contributed by atoms with Gasteiger partial charge in [-0.05, 0) is 49.1 Å². The predicted molar refractivity (Wildman–Crippen MR) is 120 cm³/mol. The highest BCUT2D eigenvalue weighted by molar-refractivity contribution is 6.13. The summed E-state index contributed by atoms with van der Waals surface area (Å²) in [5.74, 6) is -0.270. The number of benzene rings is 3. The molecule has 0 radical (unpaired) electrons. The molecule has 0 fully saturated rings. The molecule has 148 valence electrons. The van der Waals surface area contributed by atoms with E-state index in [2.05, 4.69) is 10.4 Å². The van der Waals surface area contributed by atoms with Crippen molar-refractivity contribution in [2.45, 2.75) is 27.3 Å². The zero-order chi connectivity index (χ0) is 21.0. The third-order valence-corrected chi connectivity index (χ3v) is 5.69. The SMILES string of the molecule is Cc1cc(C)c(NC(=O)Cn2nc3c4c(cccc4c2=O)-c2ccccc2-3)c(C)c1. The molecule has 1 heterocycles. The minimum atomic E-state index is -0.270. The smallest absolute Gasteiger partial charge is 0.275 e. The molecule has 5 heteroatoms. The van der Waals surface area contributed by atoms with Crippen molar-refractivity contribution in [1.29, 1.82) is 0 Å². The molecule has 5 nitrogen and oxygen atoms in total. The van der Waals surface area contributed by atoms with E-state index < -0.39 is 0 Å². The van der Waals surface area contributed by atoms with E-state index >= 15 is 0 Å². The lowest BCUT2D eigenvalue weighted by Crippen LogP contribution is -2.30. The van der Waals surface area contributed by atoms with Crippen molar-refractivity contribution < 1.29 is 4.79 Å². The number of carbonyl (C=O) groups is 1. The minimum Gasteiger partial charge on any atom is -0.324 e. The number of rotatable bonds is 3. The Bertz CT molecular complexity index is 1390. The second-order valence-electron chi connectivity index (χ2n) is 7.91. The molecule has 0 atom stereocenters. The van der Waals surface area contributed by atoms with Crippen LogP contribution < -0.4 is 10.9 Å². The van der Waals surface area contributed by atoms with E-state index in [0.717, 1.165) is 50.1 Å². The molecule has 1 N–H and O–H groups in total. The van der Waals surface area contributed by atoms with Crippen molar-refractivity contribution >= 4 is 22.4 Å². The van der Waals surface area contributed by atoms with E-state index in [1.807, 2.05) is 69.3 Å². The van der Waals surface area contributed by atoms with Crippen LogP contribution in [0.5, 0.6) is 0 Å². The van der Waals surface area contributed by atoms with Crippen LogP contribution in [0, 0.1) is 20.8 Å². The number of aromatic nitrogens is 2. The molecule has 0 aliphatic heterocycles. The van der Waals surface area contributed by atoms with E-state index in [4.69, 9.17) is 0 Å². The lowest BCUT2D eigenvalue weighted by molar-refractivity contribution is -0.117. The maximum Gasteiger partial charge on any atom is 0.275 e. The number of amides is 1. The van der Waals surface area contributed by atoms with Crippen LogP contribution in [0.1, 0.15) is 16.7 Å². The molecule has 0 saturated carbocycles. The standard InChI is InChI=1S/C25H21N3O2/c1-14-11-15(2)23(16(3)12-14)26-21(29)13-28-25(30)20-10-6-9-18-17-7-4-5-8-19(17)24(27-28)22(18)20/h4-12H,13H2,1-3H3,(H,26,29). The molecule has 30 heavy (non-hydrogen) atoms. The van der Waals surface area contributed by atoms with Crippen molar-refractivity contribution in [3.05, 3.63) is 81.6 Å². The molecule has 0 unspecified atom stereocenters. The first kappa shape index (κ1) is 18.3. The van der Waals surface area contributed by atoms with Crippen molar-refractivity contribution in [2.24, 2.45) is 0 Å². The van der Waals surface area contributed by atoms with E-state index in [-0.39, 0.29) is 18.0 Å². The first-order valence-corrected chi connectivity index (χ1v) is 9.95. The Morgan fingerprint density at radius 2 is 1.60 bits per heavy atom. The summed E-state index contributed by atoms with van der Waals surface area (Å²) in [4.78, 5) is 25.9. The van der Waals surface area contributed by atoms with Gasteiger partial charge in [-0.2, -0.15) is 5.10 Å². The molecule has 1 amide bonds. The zero-order valence-corrected chi connectivity index (χ0v) is 17.1. The van der Waals surface area contributed by atoms with Crippen molar-refractivity contribution in [2.75, 3.05) is 5.32 Å². The summed E-state index contributed by atoms with van der Waals surface area (Å²) in [5.41, 5.74) is 7.51. The first-order chi connectivity index (χ1) is 14.4. The molecule has 0 bridgehead atoms. The van der Waals surface area contributed by atoms with Gasteiger partial charge in [-0.1, -0.05) is 54.1 Å². The maximum atomic E-state index is 13.1.